The van der Waals surface area contributed by atoms with Crippen molar-refractivity contribution in [1.82, 2.24) is 10.2 Å². The first-order valence-corrected chi connectivity index (χ1v) is 9.84. The van der Waals surface area contributed by atoms with Gasteiger partial charge in [-0.3, -0.25) is 10.1 Å². The van der Waals surface area contributed by atoms with Crippen LogP contribution in [0.5, 0.6) is 0 Å². The lowest BCUT2D eigenvalue weighted by Crippen LogP contribution is -2.10. The summed E-state index contributed by atoms with van der Waals surface area (Å²) in [4.78, 5) is 12.0. The summed E-state index contributed by atoms with van der Waals surface area (Å²) in [6, 6.07) is 8.58. The van der Waals surface area contributed by atoms with Crippen molar-refractivity contribution < 1.29 is 9.21 Å². The van der Waals surface area contributed by atoms with E-state index in [2.05, 4.69) is 31.4 Å². The van der Waals surface area contributed by atoms with Crippen LogP contribution in [0.4, 0.5) is 5.13 Å². The van der Waals surface area contributed by atoms with Gasteiger partial charge in [-0.25, -0.2) is 0 Å². The van der Waals surface area contributed by atoms with E-state index in [1.807, 2.05) is 0 Å². The fourth-order valence-electron chi connectivity index (χ4n) is 1.72. The first-order valence-electron chi connectivity index (χ1n) is 6.49. The standard InChI is InChI=1S/C14H8BrCl2N3O2S2/c15-11-5-4-10(22-11)12(21)18-13-19-20-14(24-13)23-6-7-8(16)2-1-3-9(7)17/h1-5H,6H2,(H,18,19,21). The van der Waals surface area contributed by atoms with Crippen LogP contribution in [-0.2, 0) is 5.75 Å². The monoisotopic (exact) mass is 463 g/mol. The van der Waals surface area contributed by atoms with Gasteiger partial charge in [-0.05, 0) is 45.8 Å². The molecule has 124 valence electrons. The molecule has 1 N–H and O–H groups in total. The van der Waals surface area contributed by atoms with Crippen LogP contribution in [0.3, 0.4) is 0 Å². The molecule has 3 rings (SSSR count). The van der Waals surface area contributed by atoms with E-state index in [4.69, 9.17) is 27.6 Å². The Labute approximate surface area is 163 Å². The summed E-state index contributed by atoms with van der Waals surface area (Å²) in [7, 11) is 0. The zero-order valence-electron chi connectivity index (χ0n) is 11.8. The summed E-state index contributed by atoms with van der Waals surface area (Å²) < 4.78 is 6.36. The predicted octanol–water partition coefficient (Wildman–Crippen LogP) is 5.75. The number of thioether (sulfide) groups is 1. The lowest BCUT2D eigenvalue weighted by atomic mass is 10.2. The third kappa shape index (κ3) is 4.31. The topological polar surface area (TPSA) is 68.0 Å². The van der Waals surface area contributed by atoms with Crippen LogP contribution >= 0.6 is 62.2 Å². The second kappa shape index (κ2) is 7.88. The van der Waals surface area contributed by atoms with Crippen molar-refractivity contribution in [3.63, 3.8) is 0 Å². The van der Waals surface area contributed by atoms with E-state index in [-0.39, 0.29) is 11.7 Å². The van der Waals surface area contributed by atoms with Gasteiger partial charge in [0.1, 0.15) is 0 Å². The molecule has 2 aromatic heterocycles. The number of anilines is 1. The van der Waals surface area contributed by atoms with Crippen molar-refractivity contribution >= 4 is 73.3 Å². The molecule has 0 aliphatic rings. The largest absolute Gasteiger partial charge is 0.444 e. The Morgan fingerprint density at radius 3 is 2.67 bits per heavy atom. The summed E-state index contributed by atoms with van der Waals surface area (Å²) in [5.74, 6) is 0.364. The number of halogens is 3. The number of carbonyl (C=O) groups excluding carboxylic acids is 1. The molecule has 0 unspecified atom stereocenters. The number of rotatable bonds is 5. The SMILES string of the molecule is O=C(Nc1nnc(SCc2c(Cl)cccc2Cl)s1)c1ccc(Br)o1. The molecule has 0 aliphatic heterocycles. The first-order chi connectivity index (χ1) is 11.5. The molecule has 0 atom stereocenters. The van der Waals surface area contributed by atoms with Gasteiger partial charge >= 0.3 is 0 Å². The molecular formula is C14H8BrCl2N3O2S2. The van der Waals surface area contributed by atoms with E-state index in [1.165, 1.54) is 23.1 Å². The minimum Gasteiger partial charge on any atom is -0.444 e. The van der Waals surface area contributed by atoms with Crippen molar-refractivity contribution in [2.75, 3.05) is 5.32 Å². The minimum atomic E-state index is -0.387. The Bertz CT molecular complexity index is 864. The lowest BCUT2D eigenvalue weighted by molar-refractivity contribution is 0.0995. The average molecular weight is 465 g/mol. The summed E-state index contributed by atoms with van der Waals surface area (Å²) in [6.07, 6.45) is 0. The Hall–Kier alpha value is -1.06. The Morgan fingerprint density at radius 1 is 1.25 bits per heavy atom. The van der Waals surface area contributed by atoms with Gasteiger partial charge in [0.2, 0.25) is 5.13 Å². The molecule has 0 bridgehead atoms. The van der Waals surface area contributed by atoms with E-state index in [9.17, 15) is 4.79 Å². The number of amides is 1. The van der Waals surface area contributed by atoms with Crippen molar-refractivity contribution in [2.45, 2.75) is 10.1 Å². The van der Waals surface area contributed by atoms with Gasteiger partial charge in [0.25, 0.3) is 5.91 Å². The Morgan fingerprint density at radius 2 is 2.00 bits per heavy atom. The van der Waals surface area contributed by atoms with E-state index in [0.717, 1.165) is 5.56 Å². The van der Waals surface area contributed by atoms with Gasteiger partial charge in [0.15, 0.2) is 14.8 Å². The number of hydrogen-bond donors (Lipinski definition) is 1. The first kappa shape index (κ1) is 17.8. The molecule has 1 aromatic carbocycles. The third-order valence-corrected chi connectivity index (χ3v) is 5.96. The molecular weight excluding hydrogens is 457 g/mol. The zero-order chi connectivity index (χ0) is 17.1. The number of carbonyl (C=O) groups is 1. The molecule has 2 heterocycles. The maximum Gasteiger partial charge on any atom is 0.293 e. The minimum absolute atomic E-state index is 0.189. The molecule has 0 fully saturated rings. The van der Waals surface area contributed by atoms with Crippen molar-refractivity contribution in [2.24, 2.45) is 0 Å². The van der Waals surface area contributed by atoms with Gasteiger partial charge in [-0.2, -0.15) is 0 Å². The Balaban J connectivity index is 1.62. The second-order valence-corrected chi connectivity index (χ2v) is 8.22. The normalized spacial score (nSPS) is 10.8. The predicted molar refractivity (Wildman–Crippen MR) is 100 cm³/mol. The number of aromatic nitrogens is 2. The van der Waals surface area contributed by atoms with Crippen LogP contribution in [-0.4, -0.2) is 16.1 Å². The molecule has 1 amide bonds. The smallest absolute Gasteiger partial charge is 0.293 e. The highest BCUT2D eigenvalue weighted by Gasteiger charge is 2.14. The summed E-state index contributed by atoms with van der Waals surface area (Å²) in [6.45, 7) is 0. The molecule has 0 radical (unpaired) electrons. The van der Waals surface area contributed by atoms with E-state index in [0.29, 0.717) is 29.9 Å². The van der Waals surface area contributed by atoms with Gasteiger partial charge in [-0.1, -0.05) is 52.4 Å². The van der Waals surface area contributed by atoms with Crippen molar-refractivity contribution in [1.29, 1.82) is 0 Å². The number of benzene rings is 1. The van der Waals surface area contributed by atoms with Crippen molar-refractivity contribution in [3.8, 4) is 0 Å². The molecule has 5 nitrogen and oxygen atoms in total. The van der Waals surface area contributed by atoms with Gasteiger partial charge in [0, 0.05) is 15.8 Å². The zero-order valence-corrected chi connectivity index (χ0v) is 16.5. The van der Waals surface area contributed by atoms with E-state index in [1.54, 1.807) is 30.3 Å². The maximum atomic E-state index is 12.0. The molecule has 24 heavy (non-hydrogen) atoms. The second-order valence-electron chi connectivity index (χ2n) is 4.42. The van der Waals surface area contributed by atoms with Crippen LogP contribution in [0.25, 0.3) is 0 Å². The van der Waals surface area contributed by atoms with Crippen LogP contribution < -0.4 is 5.32 Å². The van der Waals surface area contributed by atoms with Gasteiger partial charge in [0.05, 0.1) is 0 Å². The highest BCUT2D eigenvalue weighted by atomic mass is 79.9. The summed E-state index contributed by atoms with van der Waals surface area (Å²) in [5, 5.41) is 12.2. The average Bonchev–Trinajstić information content (AvgIpc) is 3.16. The van der Waals surface area contributed by atoms with Crippen LogP contribution in [0.1, 0.15) is 16.1 Å². The van der Waals surface area contributed by atoms with Crippen molar-refractivity contribution in [3.05, 3.63) is 56.4 Å². The quantitative estimate of drug-likeness (QED) is 0.384. The Kier molecular flexibility index (Phi) is 5.83. The molecule has 0 aliphatic carbocycles. The van der Waals surface area contributed by atoms with Gasteiger partial charge < -0.3 is 4.42 Å². The fourth-order valence-corrected chi connectivity index (χ4v) is 4.51. The number of nitrogens with zero attached hydrogens (tertiary/aromatic N) is 2. The highest BCUT2D eigenvalue weighted by Crippen LogP contribution is 2.33. The molecule has 0 saturated carbocycles. The van der Waals surface area contributed by atoms with E-state index >= 15 is 0 Å². The molecule has 3 aromatic rings. The van der Waals surface area contributed by atoms with Crippen LogP contribution in [0.15, 0.2) is 43.8 Å². The number of hydrogen-bond acceptors (Lipinski definition) is 6. The maximum absolute atomic E-state index is 12.0. The number of nitrogens with one attached hydrogen (secondary N) is 1. The molecule has 0 saturated heterocycles. The third-order valence-electron chi connectivity index (χ3n) is 2.83. The molecule has 10 heteroatoms. The highest BCUT2D eigenvalue weighted by molar-refractivity contribution is 9.10. The van der Waals surface area contributed by atoms with Crippen LogP contribution in [0.2, 0.25) is 10.0 Å². The van der Waals surface area contributed by atoms with E-state index < -0.39 is 0 Å². The number of furan rings is 1. The van der Waals surface area contributed by atoms with Gasteiger partial charge in [-0.15, -0.1) is 10.2 Å². The lowest BCUT2D eigenvalue weighted by Gasteiger charge is -2.04. The summed E-state index contributed by atoms with van der Waals surface area (Å²) in [5.41, 5.74) is 0.840. The van der Waals surface area contributed by atoms with Crippen LogP contribution in [0, 0.1) is 0 Å². The fraction of sp³-hybridized carbons (Fsp3) is 0.0714. The summed E-state index contributed by atoms with van der Waals surface area (Å²) >= 11 is 18.1. The molecule has 0 spiro atoms.